The van der Waals surface area contributed by atoms with Crippen molar-refractivity contribution in [1.29, 1.82) is 0 Å². The highest BCUT2D eigenvalue weighted by Crippen LogP contribution is 2.36. The second-order valence-corrected chi connectivity index (χ2v) is 4.92. The van der Waals surface area contributed by atoms with Crippen LogP contribution in [0.5, 0.6) is 5.88 Å². The molecular weight excluding hydrogens is 254 g/mol. The van der Waals surface area contributed by atoms with Gasteiger partial charge in [-0.15, -0.1) is 0 Å². The number of ether oxygens (including phenoxy) is 1. The molecule has 0 saturated carbocycles. The van der Waals surface area contributed by atoms with Crippen LogP contribution in [0.3, 0.4) is 0 Å². The summed E-state index contributed by atoms with van der Waals surface area (Å²) in [6.07, 6.45) is 0. The molecule has 1 aromatic heterocycles. The van der Waals surface area contributed by atoms with Gasteiger partial charge in [-0.1, -0.05) is 38.1 Å². The summed E-state index contributed by atoms with van der Waals surface area (Å²) in [7, 11) is 0. The average Bonchev–Trinajstić information content (AvgIpc) is 2.89. The van der Waals surface area contributed by atoms with E-state index >= 15 is 0 Å². The molecule has 0 aliphatic rings. The minimum Gasteiger partial charge on any atom is -0.474 e. The SMILES string of the molecule is CC(C)c1c(OCCN)noc1-c1ccc(CN)cc1. The Morgan fingerprint density at radius 2 is 1.90 bits per heavy atom. The third-order valence-corrected chi connectivity index (χ3v) is 3.08. The van der Waals surface area contributed by atoms with E-state index in [1.807, 2.05) is 24.3 Å². The predicted octanol–water partition coefficient (Wildman–Crippen LogP) is 2.26. The van der Waals surface area contributed by atoms with Crippen molar-refractivity contribution >= 4 is 0 Å². The number of rotatable bonds is 6. The first-order valence-electron chi connectivity index (χ1n) is 6.79. The van der Waals surface area contributed by atoms with Gasteiger partial charge < -0.3 is 20.7 Å². The van der Waals surface area contributed by atoms with E-state index in [1.165, 1.54) is 0 Å². The van der Waals surface area contributed by atoms with Crippen molar-refractivity contribution in [3.05, 3.63) is 35.4 Å². The lowest BCUT2D eigenvalue weighted by molar-refractivity contribution is 0.286. The van der Waals surface area contributed by atoms with Gasteiger partial charge in [0.05, 0.1) is 5.56 Å². The van der Waals surface area contributed by atoms with Crippen molar-refractivity contribution < 1.29 is 9.26 Å². The molecule has 0 bridgehead atoms. The molecule has 2 aromatic rings. The summed E-state index contributed by atoms with van der Waals surface area (Å²) in [5.74, 6) is 1.53. The van der Waals surface area contributed by atoms with Crippen LogP contribution in [0.2, 0.25) is 0 Å². The zero-order valence-electron chi connectivity index (χ0n) is 11.9. The molecule has 4 N–H and O–H groups in total. The van der Waals surface area contributed by atoms with Gasteiger partial charge in [-0.3, -0.25) is 0 Å². The zero-order chi connectivity index (χ0) is 14.5. The van der Waals surface area contributed by atoms with Crippen LogP contribution < -0.4 is 16.2 Å². The molecular formula is C15H21N3O2. The van der Waals surface area contributed by atoms with E-state index in [2.05, 4.69) is 19.0 Å². The first-order chi connectivity index (χ1) is 9.67. The Morgan fingerprint density at radius 3 is 2.45 bits per heavy atom. The Kier molecular flexibility index (Phi) is 4.76. The first kappa shape index (κ1) is 14.6. The van der Waals surface area contributed by atoms with Gasteiger partial charge in [-0.05, 0) is 16.6 Å². The van der Waals surface area contributed by atoms with Crippen LogP contribution in [-0.4, -0.2) is 18.3 Å². The van der Waals surface area contributed by atoms with Gasteiger partial charge >= 0.3 is 0 Å². The molecule has 0 saturated heterocycles. The zero-order valence-corrected chi connectivity index (χ0v) is 11.9. The Balaban J connectivity index is 2.37. The molecule has 0 amide bonds. The first-order valence-corrected chi connectivity index (χ1v) is 6.79. The summed E-state index contributed by atoms with van der Waals surface area (Å²) in [5, 5.41) is 4.02. The van der Waals surface area contributed by atoms with Gasteiger partial charge in [0.25, 0.3) is 5.88 Å². The summed E-state index contributed by atoms with van der Waals surface area (Å²) >= 11 is 0. The van der Waals surface area contributed by atoms with Crippen LogP contribution >= 0.6 is 0 Å². The molecule has 20 heavy (non-hydrogen) atoms. The van der Waals surface area contributed by atoms with Crippen molar-refractivity contribution in [2.45, 2.75) is 26.3 Å². The number of hydrogen-bond acceptors (Lipinski definition) is 5. The van der Waals surface area contributed by atoms with E-state index < -0.39 is 0 Å². The Morgan fingerprint density at radius 1 is 1.20 bits per heavy atom. The lowest BCUT2D eigenvalue weighted by atomic mass is 9.99. The fourth-order valence-electron chi connectivity index (χ4n) is 2.05. The van der Waals surface area contributed by atoms with Gasteiger partial charge in [0.2, 0.25) is 0 Å². The van der Waals surface area contributed by atoms with Crippen LogP contribution in [0.4, 0.5) is 0 Å². The molecule has 0 radical (unpaired) electrons. The maximum Gasteiger partial charge on any atom is 0.258 e. The summed E-state index contributed by atoms with van der Waals surface area (Å²) in [6, 6.07) is 7.95. The second-order valence-electron chi connectivity index (χ2n) is 4.92. The van der Waals surface area contributed by atoms with Crippen molar-refractivity contribution in [2.24, 2.45) is 11.5 Å². The van der Waals surface area contributed by atoms with Gasteiger partial charge in [0.15, 0.2) is 5.76 Å². The minimum atomic E-state index is 0.248. The highest BCUT2D eigenvalue weighted by Gasteiger charge is 2.21. The summed E-state index contributed by atoms with van der Waals surface area (Å²) in [6.45, 7) is 5.57. The van der Waals surface area contributed by atoms with Crippen LogP contribution in [0.15, 0.2) is 28.8 Å². The smallest absolute Gasteiger partial charge is 0.258 e. The highest BCUT2D eigenvalue weighted by atomic mass is 16.5. The fourth-order valence-corrected chi connectivity index (χ4v) is 2.05. The van der Waals surface area contributed by atoms with Gasteiger partial charge in [0.1, 0.15) is 6.61 Å². The van der Waals surface area contributed by atoms with Crippen LogP contribution in [0.1, 0.15) is 30.9 Å². The molecule has 0 spiro atoms. The van der Waals surface area contributed by atoms with Crippen molar-refractivity contribution in [1.82, 2.24) is 5.16 Å². The summed E-state index contributed by atoms with van der Waals surface area (Å²) in [5.41, 5.74) is 14.1. The van der Waals surface area contributed by atoms with Crippen LogP contribution in [0.25, 0.3) is 11.3 Å². The average molecular weight is 275 g/mol. The molecule has 0 aliphatic carbocycles. The van der Waals surface area contributed by atoms with Crippen LogP contribution in [0, 0.1) is 0 Å². The van der Waals surface area contributed by atoms with Crippen LogP contribution in [-0.2, 0) is 6.54 Å². The Labute approximate surface area is 118 Å². The largest absolute Gasteiger partial charge is 0.474 e. The van der Waals surface area contributed by atoms with E-state index in [4.69, 9.17) is 20.7 Å². The Hall–Kier alpha value is -1.85. The maximum atomic E-state index is 5.61. The standard InChI is InChI=1S/C15H21N3O2/c1-10(2)13-14(20-18-15(13)19-8-7-16)12-5-3-11(9-17)4-6-12/h3-6,10H,7-9,16-17H2,1-2H3. The summed E-state index contributed by atoms with van der Waals surface area (Å²) in [4.78, 5) is 0. The van der Waals surface area contributed by atoms with Crippen molar-refractivity contribution in [3.63, 3.8) is 0 Å². The number of nitrogens with two attached hydrogens (primary N) is 2. The Bertz CT molecular complexity index is 547. The van der Waals surface area contributed by atoms with Gasteiger partial charge in [-0.2, -0.15) is 0 Å². The molecule has 2 rings (SSSR count). The number of aromatic nitrogens is 1. The monoisotopic (exact) mass is 275 g/mol. The molecule has 0 fully saturated rings. The van der Waals surface area contributed by atoms with Gasteiger partial charge in [-0.25, -0.2) is 0 Å². The maximum absolute atomic E-state index is 5.61. The molecule has 0 unspecified atom stereocenters. The highest BCUT2D eigenvalue weighted by molar-refractivity contribution is 5.64. The lowest BCUT2D eigenvalue weighted by Crippen LogP contribution is -2.11. The molecule has 5 nitrogen and oxygen atoms in total. The molecule has 0 aliphatic heterocycles. The topological polar surface area (TPSA) is 87.3 Å². The minimum absolute atomic E-state index is 0.248. The molecule has 108 valence electrons. The van der Waals surface area contributed by atoms with E-state index in [9.17, 15) is 0 Å². The fraction of sp³-hybridized carbons (Fsp3) is 0.400. The third kappa shape index (κ3) is 3.00. The molecule has 5 heteroatoms. The normalized spacial score (nSPS) is 11.1. The van der Waals surface area contributed by atoms with E-state index in [1.54, 1.807) is 0 Å². The molecule has 0 atom stereocenters. The van der Waals surface area contributed by atoms with E-state index in [-0.39, 0.29) is 5.92 Å². The molecule has 1 aromatic carbocycles. The number of benzene rings is 1. The number of hydrogen-bond donors (Lipinski definition) is 2. The quantitative estimate of drug-likeness (QED) is 0.844. The van der Waals surface area contributed by atoms with E-state index in [0.29, 0.717) is 25.6 Å². The second kappa shape index (κ2) is 6.54. The lowest BCUT2D eigenvalue weighted by Gasteiger charge is -2.08. The van der Waals surface area contributed by atoms with Gasteiger partial charge in [0, 0.05) is 18.7 Å². The van der Waals surface area contributed by atoms with Crippen molar-refractivity contribution in [2.75, 3.05) is 13.2 Å². The number of nitrogens with zero attached hydrogens (tertiary/aromatic N) is 1. The van der Waals surface area contributed by atoms with Crippen molar-refractivity contribution in [3.8, 4) is 17.2 Å². The summed E-state index contributed by atoms with van der Waals surface area (Å²) < 4.78 is 11.0. The third-order valence-electron chi connectivity index (χ3n) is 3.08. The molecule has 1 heterocycles. The predicted molar refractivity (Wildman–Crippen MR) is 78.5 cm³/mol. The van der Waals surface area contributed by atoms with E-state index in [0.717, 1.165) is 22.5 Å².